The second kappa shape index (κ2) is 6.43. The van der Waals surface area contributed by atoms with Crippen molar-refractivity contribution in [1.29, 1.82) is 0 Å². The lowest BCUT2D eigenvalue weighted by Gasteiger charge is -2.02. The van der Waals surface area contributed by atoms with Crippen molar-refractivity contribution >= 4 is 10.9 Å². The Labute approximate surface area is 143 Å². The topological polar surface area (TPSA) is 41.6 Å². The van der Waals surface area contributed by atoms with Crippen LogP contribution in [0.4, 0.5) is 8.78 Å². The maximum Gasteiger partial charge on any atom is 0.168 e. The number of pyridine rings is 1. The van der Waals surface area contributed by atoms with Gasteiger partial charge in [0.15, 0.2) is 11.6 Å². The molecule has 0 aliphatic carbocycles. The van der Waals surface area contributed by atoms with Crippen molar-refractivity contribution in [2.75, 3.05) is 0 Å². The van der Waals surface area contributed by atoms with E-state index in [1.165, 1.54) is 18.3 Å². The van der Waals surface area contributed by atoms with Gasteiger partial charge < -0.3 is 4.98 Å². The van der Waals surface area contributed by atoms with Gasteiger partial charge in [0.2, 0.25) is 0 Å². The fourth-order valence-electron chi connectivity index (χ4n) is 2.83. The van der Waals surface area contributed by atoms with Crippen molar-refractivity contribution in [2.45, 2.75) is 12.8 Å². The van der Waals surface area contributed by atoms with Gasteiger partial charge in [0.25, 0.3) is 0 Å². The third kappa shape index (κ3) is 3.13. The van der Waals surface area contributed by atoms with Crippen molar-refractivity contribution in [3.8, 4) is 11.3 Å². The van der Waals surface area contributed by atoms with Gasteiger partial charge in [0.1, 0.15) is 5.82 Å². The van der Waals surface area contributed by atoms with Gasteiger partial charge in [-0.1, -0.05) is 30.3 Å². The SMILES string of the molecule is Fc1cccc(-c2cnc(CCc3ccc4ccccc4n3)[nH]2)c1F. The zero-order valence-corrected chi connectivity index (χ0v) is 13.3. The highest BCUT2D eigenvalue weighted by atomic mass is 19.2. The Morgan fingerprint density at radius 3 is 2.68 bits per heavy atom. The van der Waals surface area contributed by atoms with Gasteiger partial charge in [-0.3, -0.25) is 4.98 Å². The predicted octanol–water partition coefficient (Wildman–Crippen LogP) is 4.69. The van der Waals surface area contributed by atoms with E-state index in [2.05, 4.69) is 15.0 Å². The number of halogens is 2. The number of imidazole rings is 1. The smallest absolute Gasteiger partial charge is 0.168 e. The van der Waals surface area contributed by atoms with E-state index in [4.69, 9.17) is 0 Å². The summed E-state index contributed by atoms with van der Waals surface area (Å²) in [6, 6.07) is 16.1. The summed E-state index contributed by atoms with van der Waals surface area (Å²) in [5, 5.41) is 1.10. The minimum absolute atomic E-state index is 0.183. The zero-order chi connectivity index (χ0) is 17.2. The lowest BCUT2D eigenvalue weighted by Crippen LogP contribution is -1.97. The molecule has 0 aliphatic heterocycles. The first-order valence-electron chi connectivity index (χ1n) is 8.03. The van der Waals surface area contributed by atoms with Crippen LogP contribution in [0.15, 0.2) is 60.8 Å². The average Bonchev–Trinajstić information content (AvgIpc) is 3.11. The quantitative estimate of drug-likeness (QED) is 0.588. The summed E-state index contributed by atoms with van der Waals surface area (Å²) in [5.74, 6) is -1.02. The largest absolute Gasteiger partial charge is 0.342 e. The molecule has 4 rings (SSSR count). The molecule has 0 radical (unpaired) electrons. The van der Waals surface area contributed by atoms with Gasteiger partial charge in [-0.25, -0.2) is 13.8 Å². The zero-order valence-electron chi connectivity index (χ0n) is 13.3. The third-order valence-electron chi connectivity index (χ3n) is 4.14. The molecule has 0 saturated heterocycles. The molecule has 2 heterocycles. The Morgan fingerprint density at radius 1 is 0.880 bits per heavy atom. The summed E-state index contributed by atoms with van der Waals surface area (Å²) in [6.45, 7) is 0. The first kappa shape index (κ1) is 15.4. The van der Waals surface area contributed by atoms with Crippen LogP contribution in [0.25, 0.3) is 22.2 Å². The Morgan fingerprint density at radius 2 is 1.76 bits per heavy atom. The van der Waals surface area contributed by atoms with Crippen molar-refractivity contribution < 1.29 is 8.78 Å². The van der Waals surface area contributed by atoms with Crippen LogP contribution in [0, 0.1) is 11.6 Å². The highest BCUT2D eigenvalue weighted by molar-refractivity contribution is 5.78. The van der Waals surface area contributed by atoms with Crippen LogP contribution in [0.3, 0.4) is 0 Å². The van der Waals surface area contributed by atoms with Gasteiger partial charge in [-0.2, -0.15) is 0 Å². The molecular weight excluding hydrogens is 320 g/mol. The Hall–Kier alpha value is -3.08. The molecule has 1 N–H and O–H groups in total. The first-order valence-corrected chi connectivity index (χ1v) is 8.03. The number of H-pyrrole nitrogens is 1. The van der Waals surface area contributed by atoms with Crippen LogP contribution in [0.5, 0.6) is 0 Å². The molecule has 124 valence electrons. The second-order valence-corrected chi connectivity index (χ2v) is 5.84. The third-order valence-corrected chi connectivity index (χ3v) is 4.14. The van der Waals surface area contributed by atoms with Gasteiger partial charge in [-0.15, -0.1) is 0 Å². The van der Waals surface area contributed by atoms with Crippen LogP contribution in [-0.4, -0.2) is 15.0 Å². The van der Waals surface area contributed by atoms with Crippen molar-refractivity contribution in [2.24, 2.45) is 0 Å². The molecule has 0 fully saturated rings. The van der Waals surface area contributed by atoms with Gasteiger partial charge in [0.05, 0.1) is 17.4 Å². The fraction of sp³-hybridized carbons (Fsp3) is 0.100. The first-order chi connectivity index (χ1) is 12.2. The van der Waals surface area contributed by atoms with Gasteiger partial charge in [0, 0.05) is 23.1 Å². The van der Waals surface area contributed by atoms with Crippen LogP contribution < -0.4 is 0 Å². The van der Waals surface area contributed by atoms with Gasteiger partial charge in [-0.05, 0) is 30.7 Å². The van der Waals surface area contributed by atoms with E-state index >= 15 is 0 Å². The average molecular weight is 335 g/mol. The maximum absolute atomic E-state index is 13.9. The standard InChI is InChI=1S/C20H15F2N3/c21-16-6-3-5-15(20(16)22)18-12-23-19(25-18)11-10-14-9-8-13-4-1-2-7-17(13)24-14/h1-9,12H,10-11H2,(H,23,25). The molecule has 2 aromatic carbocycles. The van der Waals surface area contributed by atoms with E-state index in [9.17, 15) is 8.78 Å². The Balaban J connectivity index is 1.52. The fourth-order valence-corrected chi connectivity index (χ4v) is 2.83. The van der Waals surface area contributed by atoms with Gasteiger partial charge >= 0.3 is 0 Å². The minimum Gasteiger partial charge on any atom is -0.342 e. The molecule has 5 heteroatoms. The number of benzene rings is 2. The summed E-state index contributed by atoms with van der Waals surface area (Å²) in [4.78, 5) is 12.0. The molecular formula is C20H15F2N3. The number of aromatic amines is 1. The summed E-state index contributed by atoms with van der Waals surface area (Å²) in [7, 11) is 0. The Bertz CT molecular complexity index is 1040. The van der Waals surface area contributed by atoms with Crippen molar-refractivity contribution in [3.05, 3.63) is 83.9 Å². The van der Waals surface area contributed by atoms with E-state index in [1.54, 1.807) is 0 Å². The number of aryl methyl sites for hydroxylation is 2. The molecule has 0 unspecified atom stereocenters. The highest BCUT2D eigenvalue weighted by Gasteiger charge is 2.12. The number of hydrogen-bond donors (Lipinski definition) is 1. The molecule has 25 heavy (non-hydrogen) atoms. The molecule has 0 aliphatic rings. The number of fused-ring (bicyclic) bond motifs is 1. The molecule has 0 bridgehead atoms. The van der Waals surface area contributed by atoms with Crippen LogP contribution in [0.1, 0.15) is 11.5 Å². The lowest BCUT2D eigenvalue weighted by molar-refractivity contribution is 0.511. The summed E-state index contributed by atoms with van der Waals surface area (Å²) in [6.07, 6.45) is 2.88. The lowest BCUT2D eigenvalue weighted by atomic mass is 10.1. The minimum atomic E-state index is -0.867. The molecule has 4 aromatic rings. The highest BCUT2D eigenvalue weighted by Crippen LogP contribution is 2.23. The predicted molar refractivity (Wildman–Crippen MR) is 93.1 cm³/mol. The molecule has 0 amide bonds. The summed E-state index contributed by atoms with van der Waals surface area (Å²) >= 11 is 0. The summed E-state index contributed by atoms with van der Waals surface area (Å²) < 4.78 is 27.2. The maximum atomic E-state index is 13.9. The number of rotatable bonds is 4. The van der Waals surface area contributed by atoms with Crippen LogP contribution >= 0.6 is 0 Å². The van der Waals surface area contributed by atoms with Crippen LogP contribution in [-0.2, 0) is 12.8 Å². The van der Waals surface area contributed by atoms with Crippen molar-refractivity contribution in [1.82, 2.24) is 15.0 Å². The molecule has 0 atom stereocenters. The molecule has 3 nitrogen and oxygen atoms in total. The second-order valence-electron chi connectivity index (χ2n) is 5.84. The number of nitrogens with one attached hydrogen (secondary N) is 1. The van der Waals surface area contributed by atoms with Crippen LogP contribution in [0.2, 0.25) is 0 Å². The number of aromatic nitrogens is 3. The number of nitrogens with zero attached hydrogens (tertiary/aromatic N) is 2. The van der Waals surface area contributed by atoms with E-state index in [0.29, 0.717) is 24.4 Å². The van der Waals surface area contributed by atoms with E-state index < -0.39 is 11.6 Å². The molecule has 0 saturated carbocycles. The Kier molecular flexibility index (Phi) is 3.98. The number of hydrogen-bond acceptors (Lipinski definition) is 2. The number of para-hydroxylation sites is 1. The molecule has 2 aromatic heterocycles. The van der Waals surface area contributed by atoms with E-state index in [0.717, 1.165) is 22.7 Å². The van der Waals surface area contributed by atoms with E-state index in [1.807, 2.05) is 36.4 Å². The van der Waals surface area contributed by atoms with Crippen molar-refractivity contribution in [3.63, 3.8) is 0 Å². The normalized spacial score (nSPS) is 11.1. The summed E-state index contributed by atoms with van der Waals surface area (Å²) in [5.41, 5.74) is 2.58. The molecule has 0 spiro atoms. The van der Waals surface area contributed by atoms with E-state index in [-0.39, 0.29) is 5.56 Å². The monoisotopic (exact) mass is 335 g/mol.